The highest BCUT2D eigenvalue weighted by Crippen LogP contribution is 2.24. The molecular formula is C17H25N3O4. The zero-order valence-corrected chi connectivity index (χ0v) is 14.2. The summed E-state index contributed by atoms with van der Waals surface area (Å²) in [6, 6.07) is 5.47. The van der Waals surface area contributed by atoms with Gasteiger partial charge in [0.25, 0.3) is 0 Å². The molecule has 1 aromatic carbocycles. The molecule has 1 heterocycles. The maximum absolute atomic E-state index is 12.4. The van der Waals surface area contributed by atoms with Gasteiger partial charge < -0.3 is 20.5 Å². The number of hydrogen-bond acceptors (Lipinski definition) is 5. The van der Waals surface area contributed by atoms with Crippen molar-refractivity contribution in [1.29, 1.82) is 0 Å². The fraction of sp³-hybridized carbons (Fsp3) is 0.529. The number of amides is 2. The van der Waals surface area contributed by atoms with Crippen LogP contribution in [-0.2, 0) is 16.1 Å². The SMILES string of the molecule is COc1ccc(OC)c(CNC(=O)C2CCCN(CC(N)=O)C2)c1. The Labute approximate surface area is 142 Å². The highest BCUT2D eigenvalue weighted by atomic mass is 16.5. The van der Waals surface area contributed by atoms with Crippen LogP contribution in [-0.4, -0.2) is 50.6 Å². The van der Waals surface area contributed by atoms with E-state index in [1.807, 2.05) is 23.1 Å². The van der Waals surface area contributed by atoms with Gasteiger partial charge in [0, 0.05) is 18.7 Å². The predicted molar refractivity (Wildman–Crippen MR) is 89.8 cm³/mol. The first kappa shape index (κ1) is 18.1. The van der Waals surface area contributed by atoms with Crippen LogP contribution in [0.1, 0.15) is 18.4 Å². The number of methoxy groups -OCH3 is 2. The minimum Gasteiger partial charge on any atom is -0.497 e. The van der Waals surface area contributed by atoms with Gasteiger partial charge >= 0.3 is 0 Å². The lowest BCUT2D eigenvalue weighted by Crippen LogP contribution is -2.45. The molecule has 1 atom stereocenters. The van der Waals surface area contributed by atoms with Gasteiger partial charge in [-0.3, -0.25) is 14.5 Å². The largest absolute Gasteiger partial charge is 0.497 e. The Hall–Kier alpha value is -2.28. The van der Waals surface area contributed by atoms with E-state index in [1.165, 1.54) is 0 Å². The molecule has 2 rings (SSSR count). The Morgan fingerprint density at radius 2 is 2.12 bits per heavy atom. The van der Waals surface area contributed by atoms with Gasteiger partial charge in [-0.25, -0.2) is 0 Å². The molecule has 2 amide bonds. The maximum atomic E-state index is 12.4. The van der Waals surface area contributed by atoms with Crippen LogP contribution >= 0.6 is 0 Å². The average molecular weight is 335 g/mol. The summed E-state index contributed by atoms with van der Waals surface area (Å²) in [6.07, 6.45) is 1.70. The van der Waals surface area contributed by atoms with Crippen molar-refractivity contribution in [3.8, 4) is 11.5 Å². The number of ether oxygens (including phenoxy) is 2. The number of primary amides is 1. The van der Waals surface area contributed by atoms with E-state index >= 15 is 0 Å². The van der Waals surface area contributed by atoms with Gasteiger partial charge in [0.1, 0.15) is 11.5 Å². The summed E-state index contributed by atoms with van der Waals surface area (Å²) < 4.78 is 10.5. The lowest BCUT2D eigenvalue weighted by molar-refractivity contribution is -0.128. The number of hydrogen-bond donors (Lipinski definition) is 2. The Morgan fingerprint density at radius 3 is 2.79 bits per heavy atom. The standard InChI is InChI=1S/C17H25N3O4/c1-23-14-5-6-15(24-2)13(8-14)9-19-17(22)12-4-3-7-20(10-12)11-16(18)21/h5-6,8,12H,3-4,7,9-11H2,1-2H3,(H2,18,21)(H,19,22). The quantitative estimate of drug-likeness (QED) is 0.757. The summed E-state index contributed by atoms with van der Waals surface area (Å²) in [5, 5.41) is 2.95. The number of nitrogens with zero attached hydrogens (tertiary/aromatic N) is 1. The van der Waals surface area contributed by atoms with Crippen molar-refractivity contribution in [3.63, 3.8) is 0 Å². The van der Waals surface area contributed by atoms with Gasteiger partial charge in [-0.15, -0.1) is 0 Å². The molecule has 1 unspecified atom stereocenters. The van der Waals surface area contributed by atoms with Crippen molar-refractivity contribution >= 4 is 11.8 Å². The van der Waals surface area contributed by atoms with Crippen molar-refractivity contribution < 1.29 is 19.1 Å². The molecule has 0 saturated carbocycles. The lowest BCUT2D eigenvalue weighted by Gasteiger charge is -2.31. The first-order valence-electron chi connectivity index (χ1n) is 8.02. The van der Waals surface area contributed by atoms with Gasteiger partial charge in [0.05, 0.1) is 26.7 Å². The second-order valence-electron chi connectivity index (χ2n) is 5.94. The minimum absolute atomic E-state index is 0.0194. The van der Waals surface area contributed by atoms with Crippen LogP contribution in [0.25, 0.3) is 0 Å². The molecular weight excluding hydrogens is 310 g/mol. The molecule has 1 fully saturated rings. The Kier molecular flexibility index (Phi) is 6.43. The van der Waals surface area contributed by atoms with E-state index in [0.717, 1.165) is 24.9 Å². The monoisotopic (exact) mass is 335 g/mol. The number of piperidine rings is 1. The first-order chi connectivity index (χ1) is 11.5. The molecule has 24 heavy (non-hydrogen) atoms. The Balaban J connectivity index is 1.94. The van der Waals surface area contributed by atoms with E-state index in [2.05, 4.69) is 5.32 Å². The van der Waals surface area contributed by atoms with Gasteiger partial charge in [-0.1, -0.05) is 0 Å². The van der Waals surface area contributed by atoms with Crippen molar-refractivity contribution in [2.75, 3.05) is 33.9 Å². The number of rotatable bonds is 7. The van der Waals surface area contributed by atoms with E-state index < -0.39 is 0 Å². The number of benzene rings is 1. The third-order valence-electron chi connectivity index (χ3n) is 4.20. The molecule has 3 N–H and O–H groups in total. The lowest BCUT2D eigenvalue weighted by atomic mass is 9.97. The summed E-state index contributed by atoms with van der Waals surface area (Å²) in [7, 11) is 3.19. The summed E-state index contributed by atoms with van der Waals surface area (Å²) in [4.78, 5) is 25.4. The fourth-order valence-corrected chi connectivity index (χ4v) is 2.98. The fourth-order valence-electron chi connectivity index (χ4n) is 2.98. The molecule has 1 aliphatic rings. The summed E-state index contributed by atoms with van der Waals surface area (Å²) in [6.45, 7) is 1.93. The van der Waals surface area contributed by atoms with Crippen molar-refractivity contribution in [2.24, 2.45) is 11.7 Å². The zero-order valence-electron chi connectivity index (χ0n) is 14.2. The smallest absolute Gasteiger partial charge is 0.231 e. The molecule has 1 saturated heterocycles. The number of nitrogens with one attached hydrogen (secondary N) is 1. The van der Waals surface area contributed by atoms with E-state index in [-0.39, 0.29) is 24.3 Å². The van der Waals surface area contributed by atoms with Crippen LogP contribution in [0.3, 0.4) is 0 Å². The topological polar surface area (TPSA) is 93.9 Å². The molecule has 1 aromatic rings. The minimum atomic E-state index is -0.364. The molecule has 1 aliphatic heterocycles. The van der Waals surface area contributed by atoms with Crippen molar-refractivity contribution in [2.45, 2.75) is 19.4 Å². The highest BCUT2D eigenvalue weighted by Gasteiger charge is 2.26. The summed E-state index contributed by atoms with van der Waals surface area (Å²) in [5.41, 5.74) is 6.09. The predicted octanol–water partition coefficient (Wildman–Crippen LogP) is 0.517. The molecule has 0 aliphatic carbocycles. The molecule has 7 nitrogen and oxygen atoms in total. The van der Waals surface area contributed by atoms with Gasteiger partial charge in [0.15, 0.2) is 0 Å². The highest BCUT2D eigenvalue weighted by molar-refractivity contribution is 5.79. The van der Waals surface area contributed by atoms with Crippen LogP contribution in [0.5, 0.6) is 11.5 Å². The summed E-state index contributed by atoms with van der Waals surface area (Å²) in [5.74, 6) is 0.904. The van der Waals surface area contributed by atoms with E-state index in [1.54, 1.807) is 14.2 Å². The van der Waals surface area contributed by atoms with Crippen LogP contribution in [0.4, 0.5) is 0 Å². The van der Waals surface area contributed by atoms with E-state index in [4.69, 9.17) is 15.2 Å². The second kappa shape index (κ2) is 8.54. The third kappa shape index (κ3) is 4.86. The van der Waals surface area contributed by atoms with Crippen molar-refractivity contribution in [3.05, 3.63) is 23.8 Å². The molecule has 0 radical (unpaired) electrons. The van der Waals surface area contributed by atoms with Gasteiger partial charge in [0.2, 0.25) is 11.8 Å². The molecule has 0 spiro atoms. The van der Waals surface area contributed by atoms with Crippen LogP contribution in [0.2, 0.25) is 0 Å². The van der Waals surface area contributed by atoms with E-state index in [9.17, 15) is 9.59 Å². The normalized spacial score (nSPS) is 18.0. The van der Waals surface area contributed by atoms with E-state index in [0.29, 0.717) is 24.6 Å². The zero-order chi connectivity index (χ0) is 17.5. The number of nitrogens with two attached hydrogens (primary N) is 1. The van der Waals surface area contributed by atoms with Crippen LogP contribution in [0.15, 0.2) is 18.2 Å². The van der Waals surface area contributed by atoms with Crippen LogP contribution < -0.4 is 20.5 Å². The second-order valence-corrected chi connectivity index (χ2v) is 5.94. The first-order valence-corrected chi connectivity index (χ1v) is 8.02. The summed E-state index contributed by atoms with van der Waals surface area (Å²) >= 11 is 0. The van der Waals surface area contributed by atoms with Crippen molar-refractivity contribution in [1.82, 2.24) is 10.2 Å². The van der Waals surface area contributed by atoms with Gasteiger partial charge in [-0.2, -0.15) is 0 Å². The molecule has 7 heteroatoms. The number of likely N-dealkylation sites (tertiary alicyclic amines) is 1. The van der Waals surface area contributed by atoms with Crippen LogP contribution in [0, 0.1) is 5.92 Å². The Morgan fingerprint density at radius 1 is 1.33 bits per heavy atom. The molecule has 0 aromatic heterocycles. The number of carbonyl (C=O) groups excluding carboxylic acids is 2. The molecule has 0 bridgehead atoms. The number of carbonyl (C=O) groups is 2. The Bertz CT molecular complexity index is 591. The average Bonchev–Trinajstić information content (AvgIpc) is 2.59. The molecule has 132 valence electrons. The maximum Gasteiger partial charge on any atom is 0.231 e. The van der Waals surface area contributed by atoms with Gasteiger partial charge in [-0.05, 0) is 37.6 Å². The third-order valence-corrected chi connectivity index (χ3v) is 4.20.